The Labute approximate surface area is 182 Å². The quantitative estimate of drug-likeness (QED) is 0.352. The van der Waals surface area contributed by atoms with E-state index in [4.69, 9.17) is 9.47 Å². The molecule has 0 unspecified atom stereocenters. The molecule has 0 bridgehead atoms. The summed E-state index contributed by atoms with van der Waals surface area (Å²) in [7, 11) is 1.27. The van der Waals surface area contributed by atoms with Crippen molar-refractivity contribution in [2.45, 2.75) is 26.2 Å². The van der Waals surface area contributed by atoms with Crippen LogP contribution in [0.5, 0.6) is 17.2 Å². The van der Waals surface area contributed by atoms with E-state index in [-0.39, 0.29) is 23.3 Å². The van der Waals surface area contributed by atoms with Crippen molar-refractivity contribution in [2.75, 3.05) is 13.7 Å². The number of methoxy groups -OCH3 is 1. The zero-order chi connectivity index (χ0) is 22.5. The molecule has 0 saturated heterocycles. The minimum atomic E-state index is -0.746. The number of aromatic hydroxyl groups is 1. The van der Waals surface area contributed by atoms with Crippen LogP contribution in [0.4, 0.5) is 5.69 Å². The molecule has 0 aromatic heterocycles. The average Bonchev–Trinajstić information content (AvgIpc) is 2.67. The number of carbonyl (C=O) groups excluding carboxylic acids is 1. The second kappa shape index (κ2) is 9.57. The van der Waals surface area contributed by atoms with E-state index in [0.717, 1.165) is 16.1 Å². The molecule has 160 valence electrons. The lowest BCUT2D eigenvalue weighted by atomic mass is 9.87. The van der Waals surface area contributed by atoms with Crippen LogP contribution in [0, 0.1) is 10.1 Å². The fourth-order valence-electron chi connectivity index (χ4n) is 2.42. The van der Waals surface area contributed by atoms with Gasteiger partial charge in [-0.15, -0.1) is 0 Å². The van der Waals surface area contributed by atoms with E-state index in [2.05, 4.69) is 47.2 Å². The maximum Gasteiger partial charge on any atom is 0.315 e. The normalized spacial score (nSPS) is 11.4. The second-order valence-electron chi connectivity index (χ2n) is 7.33. The minimum absolute atomic E-state index is 0.0148. The molecule has 0 atom stereocenters. The van der Waals surface area contributed by atoms with Crippen LogP contribution in [0.25, 0.3) is 0 Å². The number of nitro benzene ring substituents is 1. The van der Waals surface area contributed by atoms with Crippen LogP contribution in [0.15, 0.2) is 39.9 Å². The van der Waals surface area contributed by atoms with Gasteiger partial charge in [0, 0.05) is 11.6 Å². The van der Waals surface area contributed by atoms with E-state index in [0.29, 0.717) is 5.75 Å². The summed E-state index contributed by atoms with van der Waals surface area (Å²) in [5.74, 6) is -0.664. The van der Waals surface area contributed by atoms with Gasteiger partial charge < -0.3 is 14.6 Å². The molecule has 1 amide bonds. The molecule has 0 heterocycles. The second-order valence-corrected chi connectivity index (χ2v) is 8.18. The van der Waals surface area contributed by atoms with E-state index in [1.54, 1.807) is 6.07 Å². The van der Waals surface area contributed by atoms with Crippen molar-refractivity contribution in [1.29, 1.82) is 0 Å². The number of nitro groups is 1. The van der Waals surface area contributed by atoms with Crippen molar-refractivity contribution in [3.8, 4) is 17.2 Å². The highest BCUT2D eigenvalue weighted by Gasteiger charge is 2.19. The highest BCUT2D eigenvalue weighted by molar-refractivity contribution is 9.10. The van der Waals surface area contributed by atoms with Crippen molar-refractivity contribution in [2.24, 2.45) is 5.10 Å². The highest BCUT2D eigenvalue weighted by atomic mass is 79.9. The molecule has 2 N–H and O–H groups in total. The maximum absolute atomic E-state index is 12.0. The Morgan fingerprint density at radius 2 is 2.00 bits per heavy atom. The summed E-state index contributed by atoms with van der Waals surface area (Å²) in [5.41, 5.74) is 3.11. The van der Waals surface area contributed by atoms with Gasteiger partial charge in [0.25, 0.3) is 5.91 Å². The molecule has 9 nitrogen and oxygen atoms in total. The molecule has 0 saturated carbocycles. The summed E-state index contributed by atoms with van der Waals surface area (Å²) in [6, 6.07) is 8.11. The van der Waals surface area contributed by atoms with Crippen molar-refractivity contribution < 1.29 is 24.3 Å². The van der Waals surface area contributed by atoms with Crippen molar-refractivity contribution in [3.63, 3.8) is 0 Å². The molecule has 0 radical (unpaired) electrons. The Morgan fingerprint density at radius 1 is 1.30 bits per heavy atom. The number of rotatable bonds is 7. The van der Waals surface area contributed by atoms with Gasteiger partial charge in [-0.25, -0.2) is 5.43 Å². The van der Waals surface area contributed by atoms with Gasteiger partial charge in [-0.05, 0) is 45.1 Å². The van der Waals surface area contributed by atoms with E-state index in [9.17, 15) is 20.0 Å². The predicted octanol–water partition coefficient (Wildman–Crippen LogP) is 3.90. The molecule has 0 aliphatic heterocycles. The van der Waals surface area contributed by atoms with Crippen molar-refractivity contribution in [3.05, 3.63) is 56.0 Å². The molecule has 0 aliphatic carbocycles. The number of halogens is 1. The third-order valence-electron chi connectivity index (χ3n) is 4.05. The number of ether oxygens (including phenoxy) is 2. The number of benzene rings is 2. The smallest absolute Gasteiger partial charge is 0.315 e. The van der Waals surface area contributed by atoms with E-state index in [1.165, 1.54) is 19.4 Å². The SMILES string of the molecule is COc1cc(/C=N/NC(=O)COc2ccc(C(C)(C)C)cc2Br)cc([N+](=O)[O-])c1O. The lowest BCUT2D eigenvalue weighted by Crippen LogP contribution is -2.24. The predicted molar refractivity (Wildman–Crippen MR) is 115 cm³/mol. The highest BCUT2D eigenvalue weighted by Crippen LogP contribution is 2.36. The number of nitrogens with zero attached hydrogens (tertiary/aromatic N) is 2. The molecular formula is C20H22BrN3O6. The largest absolute Gasteiger partial charge is 0.500 e. The number of nitrogens with one attached hydrogen (secondary N) is 1. The number of phenolic OH excluding ortho intramolecular Hbond substituents is 1. The third-order valence-corrected chi connectivity index (χ3v) is 4.67. The Bertz CT molecular complexity index is 985. The van der Waals surface area contributed by atoms with Crippen molar-refractivity contribution in [1.82, 2.24) is 5.43 Å². The number of phenols is 1. The zero-order valence-electron chi connectivity index (χ0n) is 16.9. The van der Waals surface area contributed by atoms with Crippen LogP contribution in [0.1, 0.15) is 31.9 Å². The summed E-state index contributed by atoms with van der Waals surface area (Å²) in [6.45, 7) is 6.01. The topological polar surface area (TPSA) is 123 Å². The first-order valence-electron chi connectivity index (χ1n) is 8.83. The molecule has 0 aliphatic rings. The lowest BCUT2D eigenvalue weighted by Gasteiger charge is -2.20. The van der Waals surface area contributed by atoms with Crippen LogP contribution in [-0.2, 0) is 10.2 Å². The van der Waals surface area contributed by atoms with Gasteiger partial charge in [-0.3, -0.25) is 14.9 Å². The Morgan fingerprint density at radius 3 is 2.57 bits per heavy atom. The maximum atomic E-state index is 12.0. The van der Waals surface area contributed by atoms with Crippen LogP contribution >= 0.6 is 15.9 Å². The number of hydrogen-bond donors (Lipinski definition) is 2. The fraction of sp³-hybridized carbons (Fsp3) is 0.300. The zero-order valence-corrected chi connectivity index (χ0v) is 18.5. The van der Waals surface area contributed by atoms with E-state index in [1.807, 2.05) is 12.1 Å². The molecule has 30 heavy (non-hydrogen) atoms. The van der Waals surface area contributed by atoms with Crippen LogP contribution in [0.3, 0.4) is 0 Å². The van der Waals surface area contributed by atoms with Gasteiger partial charge in [0.2, 0.25) is 5.75 Å². The Balaban J connectivity index is 1.99. The van der Waals surface area contributed by atoms with Crippen LogP contribution < -0.4 is 14.9 Å². The van der Waals surface area contributed by atoms with Gasteiger partial charge in [-0.1, -0.05) is 26.8 Å². The molecule has 0 fully saturated rings. The number of amides is 1. The first kappa shape index (κ1) is 23.1. The molecule has 2 aromatic rings. The van der Waals surface area contributed by atoms with E-state index < -0.39 is 22.3 Å². The number of carbonyl (C=O) groups is 1. The molecule has 0 spiro atoms. The summed E-state index contributed by atoms with van der Waals surface area (Å²) >= 11 is 3.44. The molecular weight excluding hydrogens is 458 g/mol. The first-order valence-corrected chi connectivity index (χ1v) is 9.62. The monoisotopic (exact) mass is 479 g/mol. The Kier molecular flexibility index (Phi) is 7.38. The summed E-state index contributed by atoms with van der Waals surface area (Å²) < 4.78 is 11.1. The summed E-state index contributed by atoms with van der Waals surface area (Å²) in [5, 5.41) is 24.5. The van der Waals surface area contributed by atoms with Gasteiger partial charge in [0.15, 0.2) is 12.4 Å². The average molecular weight is 480 g/mol. The number of hydrazone groups is 1. The summed E-state index contributed by atoms with van der Waals surface area (Å²) in [4.78, 5) is 22.2. The van der Waals surface area contributed by atoms with Gasteiger partial charge in [-0.2, -0.15) is 5.10 Å². The fourth-order valence-corrected chi connectivity index (χ4v) is 2.92. The standard InChI is InChI=1S/C20H22BrN3O6/c1-20(2,3)13-5-6-16(14(21)9-13)30-11-18(25)23-22-10-12-7-15(24(27)28)19(26)17(8-12)29-4/h5-10,26H,11H2,1-4H3,(H,23,25)/b22-10+. The van der Waals surface area contributed by atoms with Crippen molar-refractivity contribution >= 4 is 33.7 Å². The van der Waals surface area contributed by atoms with E-state index >= 15 is 0 Å². The molecule has 10 heteroatoms. The van der Waals surface area contributed by atoms with Gasteiger partial charge >= 0.3 is 5.69 Å². The van der Waals surface area contributed by atoms with Crippen LogP contribution in [-0.4, -0.2) is 35.9 Å². The third kappa shape index (κ3) is 5.93. The van der Waals surface area contributed by atoms with Crippen LogP contribution in [0.2, 0.25) is 0 Å². The molecule has 2 rings (SSSR count). The first-order chi connectivity index (χ1) is 14.0. The minimum Gasteiger partial charge on any atom is -0.500 e. The number of hydrogen-bond acceptors (Lipinski definition) is 7. The lowest BCUT2D eigenvalue weighted by molar-refractivity contribution is -0.386. The van der Waals surface area contributed by atoms with Gasteiger partial charge in [0.05, 0.1) is 22.7 Å². The Hall–Kier alpha value is -3.14. The van der Waals surface area contributed by atoms with Gasteiger partial charge in [0.1, 0.15) is 5.75 Å². The summed E-state index contributed by atoms with van der Waals surface area (Å²) in [6.07, 6.45) is 1.20. The molecule has 2 aromatic carbocycles.